The number of carbonyl (C=O) groups is 2. The molecule has 1 rings (SSSR count). The molecule has 16 heavy (non-hydrogen) atoms. The van der Waals surface area contributed by atoms with Gasteiger partial charge < -0.3 is 5.32 Å². The van der Waals surface area contributed by atoms with Crippen LogP contribution in [0.1, 0.15) is 26.7 Å². The van der Waals surface area contributed by atoms with Crippen molar-refractivity contribution < 1.29 is 9.59 Å². The first-order valence-electron chi connectivity index (χ1n) is 5.81. The third-order valence-electron chi connectivity index (χ3n) is 3.08. The monoisotopic (exact) mass is 227 g/mol. The Kier molecular flexibility index (Phi) is 4.73. The van der Waals surface area contributed by atoms with Crippen LogP contribution < -0.4 is 10.6 Å². The van der Waals surface area contributed by atoms with Crippen molar-refractivity contribution in [3.63, 3.8) is 0 Å². The number of urea groups is 1. The number of rotatable bonds is 2. The molecule has 0 saturated carbocycles. The van der Waals surface area contributed by atoms with Crippen molar-refractivity contribution in [3.8, 4) is 0 Å². The van der Waals surface area contributed by atoms with E-state index in [1.807, 2.05) is 6.92 Å². The fraction of sp³-hybridized carbons (Fsp3) is 0.818. The predicted octanol–water partition coefficient (Wildman–Crippen LogP) is 0.562. The molecule has 0 spiro atoms. The number of hydrogen-bond acceptors (Lipinski definition) is 3. The van der Waals surface area contributed by atoms with Gasteiger partial charge in [0.05, 0.1) is 6.04 Å². The number of piperidine rings is 1. The van der Waals surface area contributed by atoms with E-state index < -0.39 is 6.03 Å². The fourth-order valence-electron chi connectivity index (χ4n) is 2.02. The van der Waals surface area contributed by atoms with E-state index in [1.165, 1.54) is 13.5 Å². The summed E-state index contributed by atoms with van der Waals surface area (Å²) in [5.41, 5.74) is 0. The molecule has 0 aromatic heterocycles. The SMILES string of the molecule is CNC(=O)NC(=O)C(C)N1CCCC(C)C1. The molecular formula is C11H21N3O2. The van der Waals surface area contributed by atoms with Crippen LogP contribution in [0.2, 0.25) is 0 Å². The van der Waals surface area contributed by atoms with Gasteiger partial charge >= 0.3 is 6.03 Å². The first-order valence-corrected chi connectivity index (χ1v) is 5.81. The molecular weight excluding hydrogens is 206 g/mol. The van der Waals surface area contributed by atoms with Crippen molar-refractivity contribution in [2.75, 3.05) is 20.1 Å². The Morgan fingerprint density at radius 1 is 1.44 bits per heavy atom. The Morgan fingerprint density at radius 2 is 2.12 bits per heavy atom. The van der Waals surface area contributed by atoms with Crippen LogP contribution in [0.25, 0.3) is 0 Å². The van der Waals surface area contributed by atoms with Crippen LogP contribution in [0.4, 0.5) is 4.79 Å². The Hall–Kier alpha value is -1.10. The molecule has 1 saturated heterocycles. The summed E-state index contributed by atoms with van der Waals surface area (Å²) in [6.07, 6.45) is 2.35. The molecule has 2 N–H and O–H groups in total. The maximum atomic E-state index is 11.7. The van der Waals surface area contributed by atoms with Crippen LogP contribution in [0.5, 0.6) is 0 Å². The minimum Gasteiger partial charge on any atom is -0.341 e. The molecule has 5 nitrogen and oxygen atoms in total. The van der Waals surface area contributed by atoms with Crippen LogP contribution >= 0.6 is 0 Å². The van der Waals surface area contributed by atoms with E-state index in [2.05, 4.69) is 22.5 Å². The topological polar surface area (TPSA) is 61.4 Å². The number of carbonyl (C=O) groups excluding carboxylic acids is 2. The van der Waals surface area contributed by atoms with Crippen LogP contribution in [0.15, 0.2) is 0 Å². The summed E-state index contributed by atoms with van der Waals surface area (Å²) in [5, 5.41) is 4.68. The van der Waals surface area contributed by atoms with E-state index in [0.717, 1.165) is 19.5 Å². The highest BCUT2D eigenvalue weighted by Gasteiger charge is 2.26. The molecule has 0 aromatic carbocycles. The lowest BCUT2D eigenvalue weighted by atomic mass is 9.99. The van der Waals surface area contributed by atoms with Gasteiger partial charge in [0.25, 0.3) is 0 Å². The summed E-state index contributed by atoms with van der Waals surface area (Å²) in [6, 6.07) is -0.679. The van der Waals surface area contributed by atoms with Crippen molar-refractivity contribution in [2.45, 2.75) is 32.7 Å². The molecule has 0 aromatic rings. The molecule has 1 aliphatic heterocycles. The molecule has 0 bridgehead atoms. The second kappa shape index (κ2) is 5.84. The number of nitrogens with one attached hydrogen (secondary N) is 2. The summed E-state index contributed by atoms with van der Waals surface area (Å²) in [6.45, 7) is 5.90. The second-order valence-electron chi connectivity index (χ2n) is 4.49. The predicted molar refractivity (Wildman–Crippen MR) is 62.0 cm³/mol. The minimum atomic E-state index is -0.443. The normalized spacial score (nSPS) is 23.6. The minimum absolute atomic E-state index is 0.228. The highest BCUT2D eigenvalue weighted by molar-refractivity contribution is 5.96. The van der Waals surface area contributed by atoms with Crippen LogP contribution in [-0.4, -0.2) is 43.0 Å². The van der Waals surface area contributed by atoms with Crippen LogP contribution in [0.3, 0.4) is 0 Å². The first-order chi connectivity index (χ1) is 7.54. The van der Waals surface area contributed by atoms with Crippen LogP contribution in [-0.2, 0) is 4.79 Å². The second-order valence-corrected chi connectivity index (χ2v) is 4.49. The van der Waals surface area contributed by atoms with E-state index in [0.29, 0.717) is 5.92 Å². The molecule has 0 radical (unpaired) electrons. The van der Waals surface area contributed by atoms with Crippen molar-refractivity contribution in [1.82, 2.24) is 15.5 Å². The number of imide groups is 1. The molecule has 1 aliphatic rings. The third kappa shape index (κ3) is 3.48. The van der Waals surface area contributed by atoms with Gasteiger partial charge in [-0.1, -0.05) is 6.92 Å². The van der Waals surface area contributed by atoms with E-state index in [1.54, 1.807) is 0 Å². The molecule has 5 heteroatoms. The molecule has 0 aliphatic carbocycles. The Morgan fingerprint density at radius 3 is 2.69 bits per heavy atom. The molecule has 1 fully saturated rings. The van der Waals surface area contributed by atoms with Gasteiger partial charge in [-0.2, -0.15) is 0 Å². The number of likely N-dealkylation sites (tertiary alicyclic amines) is 1. The Bertz CT molecular complexity index is 268. The lowest BCUT2D eigenvalue weighted by molar-refractivity contribution is -0.125. The van der Waals surface area contributed by atoms with Gasteiger partial charge in [0, 0.05) is 13.6 Å². The zero-order valence-corrected chi connectivity index (χ0v) is 10.2. The maximum Gasteiger partial charge on any atom is 0.321 e. The number of amides is 3. The van der Waals surface area contributed by atoms with Gasteiger partial charge in [-0.15, -0.1) is 0 Å². The average molecular weight is 227 g/mol. The molecule has 92 valence electrons. The highest BCUT2D eigenvalue weighted by Crippen LogP contribution is 2.17. The first kappa shape index (κ1) is 13.0. The van der Waals surface area contributed by atoms with E-state index in [4.69, 9.17) is 0 Å². The van der Waals surface area contributed by atoms with E-state index >= 15 is 0 Å². The van der Waals surface area contributed by atoms with E-state index in [-0.39, 0.29) is 11.9 Å². The Labute approximate surface area is 96.6 Å². The van der Waals surface area contributed by atoms with E-state index in [9.17, 15) is 9.59 Å². The lowest BCUT2D eigenvalue weighted by Gasteiger charge is -2.34. The van der Waals surface area contributed by atoms with Crippen LogP contribution in [0, 0.1) is 5.92 Å². The van der Waals surface area contributed by atoms with Crippen molar-refractivity contribution in [2.24, 2.45) is 5.92 Å². The third-order valence-corrected chi connectivity index (χ3v) is 3.08. The lowest BCUT2D eigenvalue weighted by Crippen LogP contribution is -2.51. The van der Waals surface area contributed by atoms with Crippen molar-refractivity contribution in [1.29, 1.82) is 0 Å². The summed E-state index contributed by atoms with van der Waals surface area (Å²) in [7, 11) is 1.50. The Balaban J connectivity index is 2.46. The van der Waals surface area contributed by atoms with Gasteiger partial charge in [-0.05, 0) is 32.2 Å². The van der Waals surface area contributed by atoms with Gasteiger partial charge in [0.2, 0.25) is 5.91 Å². The average Bonchev–Trinajstić information content (AvgIpc) is 2.27. The zero-order valence-electron chi connectivity index (χ0n) is 10.2. The number of nitrogens with zero attached hydrogens (tertiary/aromatic N) is 1. The molecule has 2 atom stereocenters. The van der Waals surface area contributed by atoms with Gasteiger partial charge in [0.15, 0.2) is 0 Å². The quantitative estimate of drug-likeness (QED) is 0.724. The highest BCUT2D eigenvalue weighted by atomic mass is 16.2. The maximum absolute atomic E-state index is 11.7. The van der Waals surface area contributed by atoms with Gasteiger partial charge in [-0.3, -0.25) is 15.0 Å². The summed E-state index contributed by atoms with van der Waals surface area (Å²) >= 11 is 0. The summed E-state index contributed by atoms with van der Waals surface area (Å²) in [4.78, 5) is 24.8. The smallest absolute Gasteiger partial charge is 0.321 e. The van der Waals surface area contributed by atoms with Gasteiger partial charge in [0.1, 0.15) is 0 Å². The molecule has 3 amide bonds. The zero-order chi connectivity index (χ0) is 12.1. The molecule has 2 unspecified atom stereocenters. The standard InChI is InChI=1S/C11H21N3O2/c1-8-5-4-6-14(7-8)9(2)10(15)13-11(16)12-3/h8-9H,4-7H2,1-3H3,(H2,12,13,15,16). The summed E-state index contributed by atoms with van der Waals surface area (Å²) in [5.74, 6) is 0.400. The largest absolute Gasteiger partial charge is 0.341 e. The molecule has 1 heterocycles. The summed E-state index contributed by atoms with van der Waals surface area (Å²) < 4.78 is 0. The van der Waals surface area contributed by atoms with Crippen molar-refractivity contribution >= 4 is 11.9 Å². The van der Waals surface area contributed by atoms with Crippen molar-refractivity contribution in [3.05, 3.63) is 0 Å². The van der Waals surface area contributed by atoms with Gasteiger partial charge in [-0.25, -0.2) is 4.79 Å². The fourth-order valence-corrected chi connectivity index (χ4v) is 2.02. The number of hydrogen-bond donors (Lipinski definition) is 2.